The third-order valence-electron chi connectivity index (χ3n) is 7.10. The Labute approximate surface area is 273 Å². The van der Waals surface area contributed by atoms with Gasteiger partial charge >= 0.3 is 0 Å². The maximum absolute atomic E-state index is 12.9. The van der Waals surface area contributed by atoms with Crippen molar-refractivity contribution in [1.29, 1.82) is 0 Å². The molecule has 0 aliphatic rings. The van der Waals surface area contributed by atoms with E-state index in [0.29, 0.717) is 40.1 Å². The van der Waals surface area contributed by atoms with Gasteiger partial charge in [0.2, 0.25) is 0 Å². The van der Waals surface area contributed by atoms with Crippen LogP contribution in [0.4, 0.5) is 0 Å². The Balaban J connectivity index is 1.30. The van der Waals surface area contributed by atoms with Gasteiger partial charge < -0.3 is 14.0 Å². The van der Waals surface area contributed by atoms with Crippen LogP contribution in [-0.2, 0) is 13.0 Å². The van der Waals surface area contributed by atoms with Crippen LogP contribution in [0.3, 0.4) is 0 Å². The van der Waals surface area contributed by atoms with Gasteiger partial charge in [0.15, 0.2) is 11.5 Å². The fourth-order valence-corrected chi connectivity index (χ4v) is 5.30. The van der Waals surface area contributed by atoms with Gasteiger partial charge in [0.25, 0.3) is 5.91 Å². The first-order valence-electron chi connectivity index (χ1n) is 14.5. The monoisotopic (exact) mass is 637 g/mol. The fourth-order valence-electron chi connectivity index (χ4n) is 4.98. The van der Waals surface area contributed by atoms with E-state index >= 15 is 0 Å². The molecule has 1 aromatic heterocycles. The van der Waals surface area contributed by atoms with Crippen molar-refractivity contribution in [1.82, 2.24) is 9.99 Å². The standard InChI is InChI=1S/C37H33Cl2N3O3/c1-4-9-30-20-27(22-35(44-5-2)36(30)45-24-26-13-18-32(38)33(39)21-26)23-40-41-37(43)29-14-16-31(17-15-29)42-25(3)12-19-34(42)28-10-7-6-8-11-28/h4,6-8,10-23H,1,5,9,24H2,2-3H3,(H,41,43)/b40-23+. The molecule has 8 heteroatoms. The number of hydrogen-bond acceptors (Lipinski definition) is 4. The van der Waals surface area contributed by atoms with Gasteiger partial charge in [0, 0.05) is 22.5 Å². The summed E-state index contributed by atoms with van der Waals surface area (Å²) in [6.45, 7) is 8.58. The van der Waals surface area contributed by atoms with Crippen molar-refractivity contribution in [2.75, 3.05) is 6.61 Å². The molecule has 0 aliphatic carbocycles. The van der Waals surface area contributed by atoms with Crippen molar-refractivity contribution in [2.24, 2.45) is 5.10 Å². The van der Waals surface area contributed by atoms with E-state index in [1.165, 1.54) is 0 Å². The van der Waals surface area contributed by atoms with Crippen molar-refractivity contribution in [3.8, 4) is 28.4 Å². The molecular weight excluding hydrogens is 605 g/mol. The number of carbonyl (C=O) groups is 1. The highest BCUT2D eigenvalue weighted by atomic mass is 35.5. The maximum atomic E-state index is 12.9. The minimum Gasteiger partial charge on any atom is -0.490 e. The molecule has 5 rings (SSSR count). The minimum atomic E-state index is -0.316. The third kappa shape index (κ3) is 7.66. The molecule has 0 unspecified atom stereocenters. The van der Waals surface area contributed by atoms with Gasteiger partial charge in [-0.05, 0) is 97.6 Å². The van der Waals surface area contributed by atoms with Crippen molar-refractivity contribution >= 4 is 35.3 Å². The Bertz CT molecular complexity index is 1830. The van der Waals surface area contributed by atoms with Crippen LogP contribution in [0.2, 0.25) is 10.0 Å². The molecule has 5 aromatic rings. The summed E-state index contributed by atoms with van der Waals surface area (Å²) in [6.07, 6.45) is 3.92. The molecule has 0 atom stereocenters. The zero-order valence-electron chi connectivity index (χ0n) is 25.1. The molecule has 0 fully saturated rings. The van der Waals surface area contributed by atoms with Crippen LogP contribution < -0.4 is 14.9 Å². The lowest BCUT2D eigenvalue weighted by Gasteiger charge is -2.17. The smallest absolute Gasteiger partial charge is 0.271 e. The summed E-state index contributed by atoms with van der Waals surface area (Å²) in [6, 6.07) is 31.0. The molecule has 0 aliphatic heterocycles. The van der Waals surface area contributed by atoms with E-state index < -0.39 is 0 Å². The van der Waals surface area contributed by atoms with E-state index in [2.05, 4.69) is 52.9 Å². The molecule has 0 spiro atoms. The normalized spacial score (nSPS) is 11.0. The summed E-state index contributed by atoms with van der Waals surface area (Å²) >= 11 is 12.2. The summed E-state index contributed by atoms with van der Waals surface area (Å²) < 4.78 is 14.3. The Morgan fingerprint density at radius 2 is 1.71 bits per heavy atom. The zero-order valence-corrected chi connectivity index (χ0v) is 26.6. The first kappa shape index (κ1) is 31.6. The second-order valence-corrected chi connectivity index (χ2v) is 11.1. The lowest BCUT2D eigenvalue weighted by Crippen LogP contribution is -2.17. The van der Waals surface area contributed by atoms with E-state index in [9.17, 15) is 4.79 Å². The van der Waals surface area contributed by atoms with Crippen molar-refractivity contribution in [3.05, 3.63) is 148 Å². The topological polar surface area (TPSA) is 64.9 Å². The lowest BCUT2D eigenvalue weighted by molar-refractivity contribution is 0.0955. The fraction of sp³-hybridized carbons (Fsp3) is 0.135. The third-order valence-corrected chi connectivity index (χ3v) is 7.84. The molecule has 1 amide bonds. The average Bonchev–Trinajstić information content (AvgIpc) is 3.44. The predicted molar refractivity (Wildman–Crippen MR) is 183 cm³/mol. The SMILES string of the molecule is C=CCc1cc(/C=N/NC(=O)c2ccc(-n3c(C)ccc3-c3ccccc3)cc2)cc(OCC)c1OCc1ccc(Cl)c(Cl)c1. The number of halogens is 2. The van der Waals surface area contributed by atoms with E-state index in [-0.39, 0.29) is 12.5 Å². The number of benzene rings is 4. The number of hydrazone groups is 1. The van der Waals surface area contributed by atoms with Crippen molar-refractivity contribution in [2.45, 2.75) is 26.9 Å². The molecule has 6 nitrogen and oxygen atoms in total. The van der Waals surface area contributed by atoms with Gasteiger partial charge in [-0.2, -0.15) is 5.10 Å². The number of hydrogen-bond donors (Lipinski definition) is 1. The van der Waals surface area contributed by atoms with E-state index in [4.69, 9.17) is 32.7 Å². The number of aromatic nitrogens is 1. The summed E-state index contributed by atoms with van der Waals surface area (Å²) in [5.41, 5.74) is 9.89. The zero-order chi connectivity index (χ0) is 31.8. The van der Waals surface area contributed by atoms with E-state index in [0.717, 1.165) is 39.3 Å². The highest BCUT2D eigenvalue weighted by Gasteiger charge is 2.15. The van der Waals surface area contributed by atoms with Gasteiger partial charge in [-0.1, -0.05) is 65.7 Å². The Kier molecular flexibility index (Phi) is 10.4. The quantitative estimate of drug-likeness (QED) is 0.0842. The molecule has 228 valence electrons. The Hall–Kier alpha value is -4.78. The molecule has 0 bridgehead atoms. The molecular formula is C37H33Cl2N3O3. The number of ether oxygens (including phenoxy) is 2. The van der Waals surface area contributed by atoms with Gasteiger partial charge in [0.1, 0.15) is 6.61 Å². The minimum absolute atomic E-state index is 0.279. The number of rotatable bonds is 12. The lowest BCUT2D eigenvalue weighted by atomic mass is 10.1. The van der Waals surface area contributed by atoms with E-state index in [1.807, 2.05) is 55.5 Å². The number of carbonyl (C=O) groups excluding carboxylic acids is 1. The molecule has 1 N–H and O–H groups in total. The van der Waals surface area contributed by atoms with Crippen LogP contribution in [0.1, 0.15) is 39.7 Å². The molecule has 45 heavy (non-hydrogen) atoms. The molecule has 0 radical (unpaired) electrons. The highest BCUT2D eigenvalue weighted by Crippen LogP contribution is 2.35. The Morgan fingerprint density at radius 3 is 2.42 bits per heavy atom. The van der Waals surface area contributed by atoms with Crippen molar-refractivity contribution in [3.63, 3.8) is 0 Å². The van der Waals surface area contributed by atoms with Gasteiger partial charge in [-0.25, -0.2) is 5.43 Å². The number of allylic oxidation sites excluding steroid dienone is 1. The molecule has 1 heterocycles. The summed E-state index contributed by atoms with van der Waals surface area (Å²) in [5.74, 6) is 0.858. The van der Waals surface area contributed by atoms with Crippen LogP contribution in [-0.4, -0.2) is 23.3 Å². The molecule has 0 saturated heterocycles. The number of nitrogens with zero attached hydrogens (tertiary/aromatic N) is 2. The highest BCUT2D eigenvalue weighted by molar-refractivity contribution is 6.42. The van der Waals surface area contributed by atoms with Gasteiger partial charge in [-0.3, -0.25) is 4.79 Å². The first-order valence-corrected chi connectivity index (χ1v) is 15.3. The van der Waals surface area contributed by atoms with E-state index in [1.54, 1.807) is 36.6 Å². The van der Waals surface area contributed by atoms with Gasteiger partial charge in [0.05, 0.1) is 28.6 Å². The van der Waals surface area contributed by atoms with Crippen LogP contribution in [0.25, 0.3) is 16.9 Å². The maximum Gasteiger partial charge on any atom is 0.271 e. The number of amides is 1. The van der Waals surface area contributed by atoms with Crippen molar-refractivity contribution < 1.29 is 14.3 Å². The van der Waals surface area contributed by atoms with Crippen LogP contribution >= 0.6 is 23.2 Å². The first-order chi connectivity index (χ1) is 21.9. The Morgan fingerprint density at radius 1 is 0.933 bits per heavy atom. The number of nitrogens with one attached hydrogen (secondary N) is 1. The van der Waals surface area contributed by atoms with Crippen LogP contribution in [0.5, 0.6) is 11.5 Å². The predicted octanol–water partition coefficient (Wildman–Crippen LogP) is 9.23. The molecule has 0 saturated carbocycles. The average molecular weight is 639 g/mol. The summed E-state index contributed by atoms with van der Waals surface area (Å²) in [5, 5.41) is 5.17. The van der Waals surface area contributed by atoms with Gasteiger partial charge in [-0.15, -0.1) is 6.58 Å². The van der Waals surface area contributed by atoms with Crippen LogP contribution in [0.15, 0.2) is 115 Å². The molecule has 4 aromatic carbocycles. The van der Waals surface area contributed by atoms with Crippen LogP contribution in [0, 0.1) is 6.92 Å². The summed E-state index contributed by atoms with van der Waals surface area (Å²) in [4.78, 5) is 12.9. The number of aryl methyl sites for hydroxylation is 1. The second kappa shape index (κ2) is 14.8. The summed E-state index contributed by atoms with van der Waals surface area (Å²) in [7, 11) is 0. The largest absolute Gasteiger partial charge is 0.490 e. The second-order valence-electron chi connectivity index (χ2n) is 10.3.